The van der Waals surface area contributed by atoms with Crippen molar-refractivity contribution < 1.29 is 9.90 Å². The maximum absolute atomic E-state index is 13.4. The summed E-state index contributed by atoms with van der Waals surface area (Å²) in [6.45, 7) is 9.28. The number of nitrogens with two attached hydrogens (primary N) is 1. The van der Waals surface area contributed by atoms with Gasteiger partial charge in [-0.3, -0.25) is 14.7 Å². The Morgan fingerprint density at radius 2 is 1.94 bits per heavy atom. The summed E-state index contributed by atoms with van der Waals surface area (Å²) in [5.41, 5.74) is 6.67. The van der Waals surface area contributed by atoms with E-state index in [4.69, 9.17) is 10.7 Å². The van der Waals surface area contributed by atoms with Gasteiger partial charge in [0.05, 0.1) is 29.6 Å². The van der Waals surface area contributed by atoms with Gasteiger partial charge in [0.2, 0.25) is 5.91 Å². The summed E-state index contributed by atoms with van der Waals surface area (Å²) < 4.78 is 0. The molecule has 1 saturated heterocycles. The Morgan fingerprint density at radius 3 is 2.64 bits per heavy atom. The highest BCUT2D eigenvalue weighted by Gasteiger charge is 2.54. The van der Waals surface area contributed by atoms with Crippen molar-refractivity contribution in [3.63, 3.8) is 0 Å². The molecule has 1 amide bonds. The number of nitrogens with one attached hydrogen (secondary N) is 2. The molecule has 2 aliphatic carbocycles. The first-order valence-electron chi connectivity index (χ1n) is 13.1. The summed E-state index contributed by atoms with van der Waals surface area (Å²) in [7, 11) is 2.01. The normalized spacial score (nSPS) is 36.1. The summed E-state index contributed by atoms with van der Waals surface area (Å²) in [4.78, 5) is 20.3. The number of amides is 1. The molecule has 33 heavy (non-hydrogen) atoms. The molecule has 0 radical (unpaired) electrons. The van der Waals surface area contributed by atoms with Gasteiger partial charge in [-0.2, -0.15) is 0 Å². The van der Waals surface area contributed by atoms with E-state index in [1.165, 1.54) is 37.7 Å². The number of fused-ring (bicyclic) bond motifs is 1. The molecule has 7 heteroatoms. The van der Waals surface area contributed by atoms with Crippen LogP contribution in [0.25, 0.3) is 0 Å². The van der Waals surface area contributed by atoms with Gasteiger partial charge in [0.15, 0.2) is 0 Å². The van der Waals surface area contributed by atoms with E-state index in [0.717, 1.165) is 12.8 Å². The number of likely N-dealkylation sites (tertiary alicyclic amines) is 1. The van der Waals surface area contributed by atoms with E-state index in [0.29, 0.717) is 37.2 Å². The summed E-state index contributed by atoms with van der Waals surface area (Å²) in [6, 6.07) is -0.548. The molecular formula is C26H47N5O2. The molecule has 5 N–H and O–H groups in total. The average Bonchev–Trinajstić information content (AvgIpc) is 3.01. The largest absolute Gasteiger partial charge is 0.389 e. The highest BCUT2D eigenvalue weighted by Crippen LogP contribution is 2.44. The van der Waals surface area contributed by atoms with E-state index in [2.05, 4.69) is 15.5 Å². The molecule has 7 nitrogen and oxygen atoms in total. The monoisotopic (exact) mass is 461 g/mol. The Balaban J connectivity index is 1.74. The molecule has 3 fully saturated rings. The molecule has 1 heterocycles. The first kappa shape index (κ1) is 26.0. The van der Waals surface area contributed by atoms with Gasteiger partial charge in [-0.05, 0) is 58.7 Å². The van der Waals surface area contributed by atoms with Crippen LogP contribution in [0, 0.1) is 17.8 Å². The lowest BCUT2D eigenvalue weighted by atomic mass is 9.65. The third-order valence-corrected chi connectivity index (χ3v) is 8.57. The van der Waals surface area contributed by atoms with Crippen LogP contribution in [0.1, 0.15) is 79.1 Å². The predicted octanol–water partition coefficient (Wildman–Crippen LogP) is 2.79. The van der Waals surface area contributed by atoms with Gasteiger partial charge < -0.3 is 21.5 Å². The fraction of sp³-hybridized carbons (Fsp3) is 0.846. The van der Waals surface area contributed by atoms with Gasteiger partial charge >= 0.3 is 0 Å². The van der Waals surface area contributed by atoms with Crippen LogP contribution < -0.4 is 16.4 Å². The van der Waals surface area contributed by atoms with E-state index in [9.17, 15) is 9.90 Å². The number of aliphatic hydroxyl groups excluding tert-OH is 1. The number of aliphatic hydroxyl groups is 1. The minimum Gasteiger partial charge on any atom is -0.389 e. The van der Waals surface area contributed by atoms with E-state index < -0.39 is 11.6 Å². The Kier molecular flexibility index (Phi) is 8.84. The number of hydrogen-bond donors (Lipinski definition) is 4. The first-order valence-corrected chi connectivity index (χ1v) is 13.1. The lowest BCUT2D eigenvalue weighted by molar-refractivity contribution is -0.131. The second-order valence-electron chi connectivity index (χ2n) is 11.0. The van der Waals surface area contributed by atoms with Crippen LogP contribution in [-0.2, 0) is 4.79 Å². The van der Waals surface area contributed by atoms with Crippen molar-refractivity contribution in [1.82, 2.24) is 15.5 Å². The quantitative estimate of drug-likeness (QED) is 0.329. The van der Waals surface area contributed by atoms with Crippen LogP contribution in [0.3, 0.4) is 0 Å². The zero-order chi connectivity index (χ0) is 24.2. The molecule has 7 atom stereocenters. The van der Waals surface area contributed by atoms with Crippen molar-refractivity contribution in [1.29, 1.82) is 0 Å². The van der Waals surface area contributed by atoms with Gasteiger partial charge in [-0.1, -0.05) is 44.6 Å². The van der Waals surface area contributed by atoms with Crippen molar-refractivity contribution >= 4 is 11.7 Å². The number of carbonyl (C=O) groups excluding carboxylic acids is 1. The minimum absolute atomic E-state index is 0.0947. The molecule has 0 aromatic heterocycles. The number of rotatable bonds is 8. The molecule has 3 aliphatic rings. The SMILES string of the molecule is CCC(N)=NC(CNC=C(C)C)[C@@]1(C)[C@H](O)[C@H](NC(=O)C2CCCC3CCCCC32)CN1C. The van der Waals surface area contributed by atoms with Gasteiger partial charge in [0, 0.05) is 25.4 Å². The molecule has 0 aromatic carbocycles. The summed E-state index contributed by atoms with van der Waals surface area (Å²) >= 11 is 0. The maximum atomic E-state index is 13.4. The van der Waals surface area contributed by atoms with Gasteiger partial charge in [0.25, 0.3) is 0 Å². The fourth-order valence-electron chi connectivity index (χ4n) is 6.40. The van der Waals surface area contributed by atoms with E-state index >= 15 is 0 Å². The Hall–Kier alpha value is -1.60. The molecule has 4 unspecified atom stereocenters. The Morgan fingerprint density at radius 1 is 1.24 bits per heavy atom. The third-order valence-electron chi connectivity index (χ3n) is 8.57. The maximum Gasteiger partial charge on any atom is 0.223 e. The van der Waals surface area contributed by atoms with Crippen molar-refractivity contribution in [3.8, 4) is 0 Å². The summed E-state index contributed by atoms with van der Waals surface area (Å²) in [6.07, 6.45) is 10.3. The topological polar surface area (TPSA) is 103 Å². The van der Waals surface area contributed by atoms with Gasteiger partial charge in [-0.15, -0.1) is 0 Å². The van der Waals surface area contributed by atoms with Crippen molar-refractivity contribution in [3.05, 3.63) is 11.8 Å². The van der Waals surface area contributed by atoms with Gasteiger partial charge in [-0.25, -0.2) is 0 Å². The fourth-order valence-corrected chi connectivity index (χ4v) is 6.40. The van der Waals surface area contributed by atoms with Crippen LogP contribution in [-0.4, -0.2) is 65.6 Å². The summed E-state index contributed by atoms with van der Waals surface area (Å²) in [5, 5.41) is 18.1. The standard InChI is InChI=1S/C26H47N5O2/c1-6-23(27)30-22(15-28-14-17(2)3)26(4)24(32)21(16-31(26)5)29-25(33)20-13-9-11-18-10-7-8-12-19(18)20/h14,18-22,24,28,32H,6-13,15-16H2,1-5H3,(H2,27,30)(H,29,33)/t18?,19?,20?,21-,22?,24-,26+/m1/s1. The van der Waals surface area contributed by atoms with Gasteiger partial charge in [0.1, 0.15) is 0 Å². The van der Waals surface area contributed by atoms with Crippen LogP contribution >= 0.6 is 0 Å². The van der Waals surface area contributed by atoms with Crippen molar-refractivity contribution in [2.75, 3.05) is 20.1 Å². The highest BCUT2D eigenvalue weighted by atomic mass is 16.3. The second-order valence-corrected chi connectivity index (χ2v) is 11.0. The smallest absolute Gasteiger partial charge is 0.223 e. The number of likely N-dealkylation sites (N-methyl/N-ethyl adjacent to an activating group) is 1. The highest BCUT2D eigenvalue weighted by molar-refractivity contribution is 5.80. The van der Waals surface area contributed by atoms with Crippen LogP contribution in [0.5, 0.6) is 0 Å². The van der Waals surface area contributed by atoms with Crippen LogP contribution in [0.15, 0.2) is 16.8 Å². The van der Waals surface area contributed by atoms with Crippen molar-refractivity contribution in [2.45, 2.75) is 103 Å². The number of amidine groups is 1. The molecule has 0 bridgehead atoms. The number of hydrogen-bond acceptors (Lipinski definition) is 5. The third kappa shape index (κ3) is 5.73. The van der Waals surface area contributed by atoms with E-state index in [1.54, 1.807) is 0 Å². The zero-order valence-electron chi connectivity index (χ0n) is 21.4. The molecule has 0 spiro atoms. The lowest BCUT2D eigenvalue weighted by Crippen LogP contribution is -2.59. The second kappa shape index (κ2) is 11.2. The lowest BCUT2D eigenvalue weighted by Gasteiger charge is -2.41. The van der Waals surface area contributed by atoms with Crippen molar-refractivity contribution in [2.24, 2.45) is 28.5 Å². The van der Waals surface area contributed by atoms with E-state index in [1.807, 2.05) is 40.9 Å². The molecule has 0 aromatic rings. The average molecular weight is 462 g/mol. The molecular weight excluding hydrogens is 414 g/mol. The van der Waals surface area contributed by atoms with E-state index in [-0.39, 0.29) is 23.9 Å². The molecule has 1 aliphatic heterocycles. The number of aliphatic imine (C=N–C) groups is 1. The number of nitrogens with zero attached hydrogens (tertiary/aromatic N) is 2. The number of carbonyl (C=O) groups is 1. The first-order chi connectivity index (χ1) is 15.7. The predicted molar refractivity (Wildman–Crippen MR) is 135 cm³/mol. The number of allylic oxidation sites excluding steroid dienone is 1. The summed E-state index contributed by atoms with van der Waals surface area (Å²) in [5.74, 6) is 2.05. The zero-order valence-corrected chi connectivity index (χ0v) is 21.4. The molecule has 3 rings (SSSR count). The Labute approximate surface area is 200 Å². The molecule has 2 saturated carbocycles. The molecule has 188 valence electrons. The van der Waals surface area contributed by atoms with Crippen LogP contribution in [0.2, 0.25) is 0 Å². The minimum atomic E-state index is -0.732. The Bertz CT molecular complexity index is 732. The van der Waals surface area contributed by atoms with Crippen LogP contribution in [0.4, 0.5) is 0 Å².